The molecule has 0 unspecified atom stereocenters. The van der Waals surface area contributed by atoms with Crippen LogP contribution in [-0.2, 0) is 35.2 Å². The lowest BCUT2D eigenvalue weighted by molar-refractivity contribution is -0.660. The van der Waals surface area contributed by atoms with Crippen molar-refractivity contribution in [3.63, 3.8) is 0 Å². The Morgan fingerprint density at radius 2 is 0.452 bits per heavy atom. The summed E-state index contributed by atoms with van der Waals surface area (Å²) < 4.78 is 115. The van der Waals surface area contributed by atoms with E-state index in [-0.39, 0.29) is 0 Å². The lowest BCUT2D eigenvalue weighted by Gasteiger charge is -2.11. The van der Waals surface area contributed by atoms with E-state index in [0.717, 1.165) is 189 Å². The number of nitrogens with zero attached hydrogens (tertiary/aromatic N) is 10. The fraction of sp³-hybridized carbons (Fsp3) is 0.160. The van der Waals surface area contributed by atoms with E-state index < -0.39 is 20.6 Å². The summed E-state index contributed by atoms with van der Waals surface area (Å²) in [7, 11) is 10.0. The van der Waals surface area contributed by atoms with Crippen LogP contribution in [0.2, 0.25) is 0 Å². The van der Waals surface area contributed by atoms with Crippen LogP contribution in [0.5, 0.6) is 0 Å². The third-order valence-electron chi connectivity index (χ3n) is 28.0. The molecule has 15 heterocycles. The standard InChI is InChI=1S/C27H25N2O.4C26H23N2O/c1-16-13-17(2)25(26-24(16)21-12-11-19(4)28-27(21)30-26)23-14-22(18(3)15-29(23)5)20-9-7-6-8-10-20;1-16-10-12-20-21-13-11-18(3)27-26(21)29-25(20)24(16)23-14-22(17(2)15-28(23)4)19-8-6-5-7-9-19;3*1-16-14-17(2)24(25-23(16)21-11-10-18(3)27-26(21)29-25)22-15-20(12-13-28(22)4)19-8-6-5-7-9-19/h6-15H,1-5H3;4*5-15H,1-4H3/q5*+1/i;2D3;2*1D3;. The van der Waals surface area contributed by atoms with Crippen molar-refractivity contribution in [2.75, 3.05) is 0 Å². The van der Waals surface area contributed by atoms with Crippen LogP contribution in [0, 0.1) is 111 Å². The Morgan fingerprint density at radius 1 is 0.199 bits per heavy atom. The Morgan fingerprint density at radius 3 is 0.774 bits per heavy atom. The maximum atomic E-state index is 8.14. The summed E-state index contributed by atoms with van der Waals surface area (Å²) in [5.41, 5.74) is 41.6. The number of benzene rings is 10. The normalized spacial score (nSPS) is 12.6. The lowest BCUT2D eigenvalue weighted by Crippen LogP contribution is -2.31. The van der Waals surface area contributed by atoms with E-state index in [9.17, 15) is 0 Å². The molecule has 0 aliphatic heterocycles. The molecule has 0 saturated carbocycles. The monoisotopic (exact) mass is 1920 g/mol. The topological polar surface area (TPSA) is 150 Å². The summed E-state index contributed by atoms with van der Waals surface area (Å²) in [6.45, 7) is 19.7. The Labute approximate surface area is 863 Å². The highest BCUT2D eigenvalue weighted by Crippen LogP contribution is 2.47. The molecule has 0 aliphatic rings. The van der Waals surface area contributed by atoms with Gasteiger partial charge in [0, 0.05) is 154 Å². The first-order chi connectivity index (χ1) is 74.2. The molecule has 25 rings (SSSR count). The molecule has 15 nitrogen and oxygen atoms in total. The van der Waals surface area contributed by atoms with Crippen LogP contribution in [-0.4, -0.2) is 24.9 Å². The number of rotatable bonds is 10. The zero-order chi connectivity index (χ0) is 109. The number of aromatic nitrogens is 10. The summed E-state index contributed by atoms with van der Waals surface area (Å²) in [5, 5.41) is 9.08. The van der Waals surface area contributed by atoms with Gasteiger partial charge in [0.1, 0.15) is 35.2 Å². The summed E-state index contributed by atoms with van der Waals surface area (Å²) in [4.78, 5) is 22.9. The Hall–Kier alpha value is -17.3. The fourth-order valence-corrected chi connectivity index (χ4v) is 20.8. The van der Waals surface area contributed by atoms with Crippen molar-refractivity contribution in [3.8, 4) is 112 Å². The van der Waals surface area contributed by atoms with Gasteiger partial charge in [-0.2, -0.15) is 0 Å². The van der Waals surface area contributed by atoms with Crippen molar-refractivity contribution in [1.29, 1.82) is 0 Å². The van der Waals surface area contributed by atoms with Crippen LogP contribution >= 0.6 is 0 Å². The number of pyridine rings is 10. The van der Waals surface area contributed by atoms with Gasteiger partial charge in [0.15, 0.2) is 58.9 Å². The maximum Gasteiger partial charge on any atom is 0.227 e. The summed E-state index contributed by atoms with van der Waals surface area (Å²) in [5.74, 6) is 0. The predicted octanol–water partition coefficient (Wildman–Crippen LogP) is 30.6. The molecule has 716 valence electrons. The zero-order valence-electron chi connectivity index (χ0n) is 94.2. The molecule has 0 aliphatic carbocycles. The van der Waals surface area contributed by atoms with Gasteiger partial charge in [-0.05, 0) is 277 Å². The molecular formula is C131H117N10O5+5. The molecule has 15 aromatic heterocycles. The quantitative estimate of drug-likeness (QED) is 0.121. The van der Waals surface area contributed by atoms with E-state index >= 15 is 0 Å². The third-order valence-corrected chi connectivity index (χ3v) is 28.0. The van der Waals surface area contributed by atoms with Gasteiger partial charge in [-0.25, -0.2) is 47.8 Å². The number of hydrogen-bond donors (Lipinski definition) is 0. The minimum absolute atomic E-state index is 0.292. The number of fused-ring (bicyclic) bond motifs is 15. The van der Waals surface area contributed by atoms with Crippen LogP contribution in [0.25, 0.3) is 222 Å². The molecule has 0 atom stereocenters. The van der Waals surface area contributed by atoms with Crippen LogP contribution < -0.4 is 22.8 Å². The second-order valence-electron chi connectivity index (χ2n) is 38.5. The van der Waals surface area contributed by atoms with Gasteiger partial charge in [0.25, 0.3) is 0 Å². The first kappa shape index (κ1) is 84.4. The van der Waals surface area contributed by atoms with Crippen LogP contribution in [0.4, 0.5) is 0 Å². The summed E-state index contributed by atoms with van der Waals surface area (Å²) in [6, 6.07) is 100. The Kier molecular flexibility index (Phi) is 22.5. The highest BCUT2D eigenvalue weighted by Gasteiger charge is 2.32. The average Bonchev–Trinajstić information content (AvgIpc) is 1.57. The molecule has 0 amide bonds. The number of furan rings is 5. The van der Waals surface area contributed by atoms with Crippen LogP contribution in [0.1, 0.15) is 102 Å². The molecule has 146 heavy (non-hydrogen) atoms. The van der Waals surface area contributed by atoms with Gasteiger partial charge in [0.2, 0.25) is 57.0 Å². The molecule has 15 heteroatoms. The van der Waals surface area contributed by atoms with E-state index in [1.807, 2.05) is 224 Å². The molecular weight excluding hydrogens is 1790 g/mol. The highest BCUT2D eigenvalue weighted by atomic mass is 16.4. The summed E-state index contributed by atoms with van der Waals surface area (Å²) in [6.07, 6.45) is 10.1. The zero-order valence-corrected chi connectivity index (χ0v) is 85.2. The predicted molar refractivity (Wildman–Crippen MR) is 594 cm³/mol. The first-order valence-electron chi connectivity index (χ1n) is 53.6. The van der Waals surface area contributed by atoms with Crippen molar-refractivity contribution < 1.29 is 57.3 Å². The van der Waals surface area contributed by atoms with Gasteiger partial charge in [-0.3, -0.25) is 0 Å². The molecule has 0 spiro atoms. The maximum absolute atomic E-state index is 8.14. The van der Waals surface area contributed by atoms with Crippen molar-refractivity contribution in [1.82, 2.24) is 24.9 Å². The molecule has 0 saturated heterocycles. The molecule has 0 N–H and O–H groups in total. The van der Waals surface area contributed by atoms with E-state index in [0.29, 0.717) is 72.8 Å². The second kappa shape index (κ2) is 38.9. The Bertz CT molecular complexity index is 9660. The van der Waals surface area contributed by atoms with Gasteiger partial charge in [-0.1, -0.05) is 188 Å². The average molecular weight is 1920 g/mol. The molecule has 10 aromatic carbocycles. The molecule has 25 aromatic rings. The lowest BCUT2D eigenvalue weighted by atomic mass is 9.94. The Balaban J connectivity index is 0.000000112. The van der Waals surface area contributed by atoms with Crippen molar-refractivity contribution in [3.05, 3.63) is 418 Å². The number of hydrogen-bond acceptors (Lipinski definition) is 10. The molecule has 0 fully saturated rings. The van der Waals surface area contributed by atoms with Gasteiger partial charge >= 0.3 is 0 Å². The van der Waals surface area contributed by atoms with Crippen LogP contribution in [0.15, 0.2) is 350 Å². The van der Waals surface area contributed by atoms with E-state index in [1.165, 1.54) is 50.1 Å². The minimum Gasteiger partial charge on any atom is -0.437 e. The van der Waals surface area contributed by atoms with Crippen molar-refractivity contribution >= 4 is 110 Å². The van der Waals surface area contributed by atoms with E-state index in [2.05, 4.69) is 259 Å². The van der Waals surface area contributed by atoms with Crippen molar-refractivity contribution in [2.45, 2.75) is 111 Å². The van der Waals surface area contributed by atoms with Crippen LogP contribution in [0.3, 0.4) is 0 Å². The second-order valence-corrected chi connectivity index (χ2v) is 38.5. The SMILES string of the molecule is Cc1ccc2c(n1)oc1c(-c3cc(-c4ccccc4)c(C)c[n+]3C)c(C)cc(C)c12.Cc1ccc2c(n1)oc1c(-c3cc(-c4ccccc4)cc[n+]3C)c(C)cc(C)c12.[2H]C([2H])([2H])c1c[n+](C)c(-c2c(C)ccc3c2oc2nc(C)ccc23)cc1-c1ccccc1.[2H]C([2H])([2H])c1cc(C)c(-c2cc(-c3ccccc3)cc[n+]2C)c2oc3nc(C)ccc3c12.[2H]C([2H])([2H])c1cc(C)c(-c2cc(-c3ccccc3)cc[n+]2C)c2oc3nc(C)ccc3c12. The third kappa shape index (κ3) is 17.8. The van der Waals surface area contributed by atoms with E-state index in [4.69, 9.17) is 34.4 Å². The van der Waals surface area contributed by atoms with Gasteiger partial charge < -0.3 is 22.1 Å². The van der Waals surface area contributed by atoms with E-state index in [1.54, 1.807) is 18.3 Å². The summed E-state index contributed by atoms with van der Waals surface area (Å²) >= 11 is 0. The highest BCUT2D eigenvalue weighted by molar-refractivity contribution is 6.15. The van der Waals surface area contributed by atoms with Gasteiger partial charge in [0.05, 0.1) is 27.8 Å². The van der Waals surface area contributed by atoms with Crippen molar-refractivity contribution in [2.24, 2.45) is 35.2 Å². The number of aryl methyl sites for hydroxylation is 21. The molecule has 0 radical (unpaired) electrons. The fourth-order valence-electron chi connectivity index (χ4n) is 20.8. The minimum atomic E-state index is -2.27. The smallest absolute Gasteiger partial charge is 0.227 e. The largest absolute Gasteiger partial charge is 0.437 e. The molecule has 0 bridgehead atoms. The first-order valence-corrected chi connectivity index (χ1v) is 49.1. The van der Waals surface area contributed by atoms with Gasteiger partial charge in [-0.15, -0.1) is 0 Å².